The maximum atomic E-state index is 15.2. The summed E-state index contributed by atoms with van der Waals surface area (Å²) in [5.74, 6) is -4.62. The summed E-state index contributed by atoms with van der Waals surface area (Å²) in [5, 5.41) is 32.7. The van der Waals surface area contributed by atoms with Gasteiger partial charge in [-0.2, -0.15) is 0 Å². The van der Waals surface area contributed by atoms with Crippen molar-refractivity contribution in [1.82, 2.24) is 9.97 Å². The van der Waals surface area contributed by atoms with Crippen LogP contribution in [0.5, 0.6) is 46.0 Å². The topological polar surface area (TPSA) is 278 Å². The number of rotatable bonds is 28. The zero-order chi connectivity index (χ0) is 64.0. The minimum atomic E-state index is -1.30. The van der Waals surface area contributed by atoms with Crippen LogP contribution >= 0.6 is 0 Å². The number of nitrogens with zero attached hydrogens (tertiary/aromatic N) is 2. The normalized spacial score (nSPS) is 13.0. The van der Waals surface area contributed by atoms with Gasteiger partial charge >= 0.3 is 37.7 Å². The van der Waals surface area contributed by atoms with E-state index in [2.05, 4.69) is 31.2 Å². The number of carboxylic acids is 2. The Balaban J connectivity index is 0.000000232. The third kappa shape index (κ3) is 17.6. The fourth-order valence-electron chi connectivity index (χ4n) is 9.43. The van der Waals surface area contributed by atoms with Crippen LogP contribution in [-0.2, 0) is 28.8 Å². The average Bonchev–Trinajstić information content (AvgIpc) is 1.73. The second-order valence-electron chi connectivity index (χ2n) is 21.2. The molecule has 468 valence electrons. The first kappa shape index (κ1) is 67.7. The molecular formula is C66H60CaF4N6O14. The number of halogens is 4. The van der Waals surface area contributed by atoms with Gasteiger partial charge in [0.1, 0.15) is 34.0 Å². The van der Waals surface area contributed by atoms with Crippen molar-refractivity contribution in [1.29, 1.82) is 0 Å². The maximum absolute atomic E-state index is 15.2. The van der Waals surface area contributed by atoms with E-state index >= 15 is 8.78 Å². The molecule has 25 heteroatoms. The van der Waals surface area contributed by atoms with Gasteiger partial charge in [-0.1, -0.05) is 0 Å². The van der Waals surface area contributed by atoms with Crippen molar-refractivity contribution in [2.75, 3.05) is 48.7 Å². The number of hydrogen-bond donors (Lipinski definition) is 4. The average molecular weight is 1280 g/mol. The number of hydrogen-bond acceptors (Lipinski definition) is 16. The van der Waals surface area contributed by atoms with Gasteiger partial charge in [0.2, 0.25) is 23.6 Å². The fourth-order valence-corrected chi connectivity index (χ4v) is 9.43. The first-order valence-electron chi connectivity index (χ1n) is 28.7. The summed E-state index contributed by atoms with van der Waals surface area (Å²) < 4.78 is 91.1. The molecule has 10 rings (SSSR count). The molecule has 0 saturated heterocycles. The van der Waals surface area contributed by atoms with Crippen molar-refractivity contribution in [3.63, 3.8) is 0 Å². The molecule has 6 aromatic carbocycles. The van der Waals surface area contributed by atoms with Gasteiger partial charge in [-0.3, -0.25) is 29.1 Å². The van der Waals surface area contributed by atoms with Gasteiger partial charge in [0.25, 0.3) is 0 Å². The molecule has 0 radical (unpaired) electrons. The molecule has 2 heterocycles. The van der Waals surface area contributed by atoms with Crippen LogP contribution in [0.25, 0.3) is 21.8 Å². The van der Waals surface area contributed by atoms with E-state index in [1.165, 1.54) is 99.4 Å². The standard InChI is InChI=1S/2C33H31F2N3O7.Ca/c2*1-43-28-18-23-25(19-29(28)44-16-4-2-3-5-30(39)40)36-15-12-26(23)45-27-11-10-22(17-24(27)35)38-32(42)33(13-14-33)31(41)37-21-8-6-20(34)7-9-21;/h2*6-12,15,17-19H,2-5,13-14,16H2,1H3,(H,37,41)(H,38,42)(H,39,40);/q;;+2/p-2. The smallest absolute Gasteiger partial charge is 0.550 e. The van der Waals surface area contributed by atoms with Crippen molar-refractivity contribution < 1.29 is 85.0 Å². The number of carboxylic acid groups (broad SMARTS) is 2. The fraction of sp³-hybridized carbons (Fsp3) is 0.273. The number of nitrogens with one attached hydrogen (secondary N) is 4. The van der Waals surface area contributed by atoms with Gasteiger partial charge in [0.15, 0.2) is 46.1 Å². The second-order valence-corrected chi connectivity index (χ2v) is 21.2. The quantitative estimate of drug-likeness (QED) is 0.0154. The maximum Gasteiger partial charge on any atom is 2.00 e. The van der Waals surface area contributed by atoms with E-state index in [4.69, 9.17) is 28.4 Å². The number of methoxy groups -OCH3 is 2. The van der Waals surface area contributed by atoms with Crippen LogP contribution in [0.2, 0.25) is 0 Å². The number of carbonyl (C=O) groups excluding carboxylic acids is 6. The molecule has 0 unspecified atom stereocenters. The molecule has 0 spiro atoms. The molecule has 2 fully saturated rings. The van der Waals surface area contributed by atoms with Crippen LogP contribution < -0.4 is 59.9 Å². The first-order chi connectivity index (χ1) is 43.4. The number of aromatic nitrogens is 2. The molecule has 2 aliphatic rings. The largest absolute Gasteiger partial charge is 2.00 e. The summed E-state index contributed by atoms with van der Waals surface area (Å²) in [7, 11) is 2.96. The molecule has 2 aromatic heterocycles. The van der Waals surface area contributed by atoms with Crippen molar-refractivity contribution in [2.45, 2.75) is 77.0 Å². The Kier molecular flexibility index (Phi) is 23.0. The number of ether oxygens (including phenoxy) is 6. The van der Waals surface area contributed by atoms with Gasteiger partial charge in [-0.05, 0) is 174 Å². The molecule has 8 aromatic rings. The summed E-state index contributed by atoms with van der Waals surface area (Å²) in [6.07, 6.45) is 7.95. The van der Waals surface area contributed by atoms with Crippen molar-refractivity contribution in [2.24, 2.45) is 10.8 Å². The van der Waals surface area contributed by atoms with Crippen molar-refractivity contribution in [3.8, 4) is 46.0 Å². The number of benzene rings is 6. The number of pyridine rings is 2. The second kappa shape index (κ2) is 31.0. The summed E-state index contributed by atoms with van der Waals surface area (Å²) in [6, 6.07) is 28.1. The SMILES string of the molecule is COc1cc2c(Oc3ccc(NC(=O)C4(C(=O)Nc5ccc(F)cc5)CC4)cc3F)ccnc2cc1OCCCCCC(=O)[O-].COc1cc2c(Oc3ccc(NC(=O)C4(C(=O)Nc5ccc(F)cc5)CC4)cc3F)ccnc2cc1OCCCCCC(=O)[O-].[Ca+2]. The van der Waals surface area contributed by atoms with Gasteiger partial charge in [0.05, 0.1) is 38.5 Å². The minimum absolute atomic E-state index is 0. The molecule has 0 bridgehead atoms. The molecule has 2 saturated carbocycles. The van der Waals surface area contributed by atoms with E-state index in [1.54, 1.807) is 36.4 Å². The molecule has 0 aliphatic heterocycles. The molecular weight excluding hydrogens is 1220 g/mol. The van der Waals surface area contributed by atoms with E-state index in [0.717, 1.165) is 12.1 Å². The third-order valence-electron chi connectivity index (χ3n) is 14.8. The first-order valence-corrected chi connectivity index (χ1v) is 28.7. The molecule has 0 atom stereocenters. The van der Waals surface area contributed by atoms with E-state index in [-0.39, 0.29) is 73.5 Å². The minimum Gasteiger partial charge on any atom is -0.550 e. The van der Waals surface area contributed by atoms with Crippen molar-refractivity contribution in [3.05, 3.63) is 157 Å². The molecule has 4 amide bonds. The van der Waals surface area contributed by atoms with Crippen LogP contribution in [0.4, 0.5) is 40.3 Å². The van der Waals surface area contributed by atoms with Crippen LogP contribution in [0, 0.1) is 34.1 Å². The Morgan fingerprint density at radius 2 is 0.780 bits per heavy atom. The van der Waals surface area contributed by atoms with Gasteiger partial charge in [0, 0.05) is 82.1 Å². The van der Waals surface area contributed by atoms with Gasteiger partial charge < -0.3 is 69.5 Å². The Labute approximate surface area is 548 Å². The Bertz CT molecular complexity index is 3710. The summed E-state index contributed by atoms with van der Waals surface area (Å²) in [5.41, 5.74) is -0.550. The van der Waals surface area contributed by atoms with Crippen LogP contribution in [-0.4, -0.2) is 111 Å². The van der Waals surface area contributed by atoms with Crippen LogP contribution in [0.3, 0.4) is 0 Å². The number of aliphatic carboxylic acids is 2. The van der Waals surface area contributed by atoms with Crippen LogP contribution in [0.15, 0.2) is 134 Å². The van der Waals surface area contributed by atoms with Gasteiger partial charge in [-0.25, -0.2) is 17.6 Å². The summed E-state index contributed by atoms with van der Waals surface area (Å²) in [4.78, 5) is 81.5. The Morgan fingerprint density at radius 3 is 1.11 bits per heavy atom. The predicted octanol–water partition coefficient (Wildman–Crippen LogP) is 10.3. The van der Waals surface area contributed by atoms with E-state index in [0.29, 0.717) is 145 Å². The van der Waals surface area contributed by atoms with E-state index < -0.39 is 69.7 Å². The number of anilines is 4. The van der Waals surface area contributed by atoms with Gasteiger partial charge in [-0.15, -0.1) is 0 Å². The molecule has 20 nitrogen and oxygen atoms in total. The zero-order valence-corrected chi connectivity index (χ0v) is 51.6. The van der Waals surface area contributed by atoms with E-state index in [1.807, 2.05) is 0 Å². The number of unbranched alkanes of at least 4 members (excludes halogenated alkanes) is 4. The zero-order valence-electron chi connectivity index (χ0n) is 49.4. The summed E-state index contributed by atoms with van der Waals surface area (Å²) >= 11 is 0. The molecule has 4 N–H and O–H groups in total. The molecule has 2 aliphatic carbocycles. The van der Waals surface area contributed by atoms with E-state index in [9.17, 15) is 47.8 Å². The Morgan fingerprint density at radius 1 is 0.429 bits per heavy atom. The number of amides is 4. The molecule has 91 heavy (non-hydrogen) atoms. The number of carbonyl (C=O) groups is 6. The van der Waals surface area contributed by atoms with Crippen molar-refractivity contribution >= 4 is 118 Å². The summed E-state index contributed by atoms with van der Waals surface area (Å²) in [6.45, 7) is 0.693. The monoisotopic (exact) mass is 1280 g/mol. The van der Waals surface area contributed by atoms with Crippen LogP contribution in [0.1, 0.15) is 77.0 Å². The predicted molar refractivity (Wildman–Crippen MR) is 324 cm³/mol. The number of fused-ring (bicyclic) bond motifs is 2. The Hall–Kier alpha value is -9.26. The third-order valence-corrected chi connectivity index (χ3v) is 14.8.